The lowest BCUT2D eigenvalue weighted by atomic mass is 10.1. The Morgan fingerprint density at radius 1 is 1.17 bits per heavy atom. The molecule has 1 atom stereocenters. The summed E-state index contributed by atoms with van der Waals surface area (Å²) in [5, 5.41) is 0.652. The first kappa shape index (κ1) is 13.4. The minimum Gasteiger partial charge on any atom is -0.457 e. The molecular formula is C14H13BrClNO. The van der Waals surface area contributed by atoms with Crippen molar-refractivity contribution in [1.29, 1.82) is 0 Å². The van der Waals surface area contributed by atoms with Gasteiger partial charge in [-0.05, 0) is 42.8 Å². The van der Waals surface area contributed by atoms with Crippen LogP contribution in [-0.2, 0) is 0 Å². The summed E-state index contributed by atoms with van der Waals surface area (Å²) >= 11 is 9.39. The van der Waals surface area contributed by atoms with Gasteiger partial charge in [-0.3, -0.25) is 0 Å². The summed E-state index contributed by atoms with van der Waals surface area (Å²) in [6.07, 6.45) is 0. The molecule has 94 valence electrons. The van der Waals surface area contributed by atoms with Gasteiger partial charge in [0.15, 0.2) is 0 Å². The van der Waals surface area contributed by atoms with Gasteiger partial charge in [-0.15, -0.1) is 0 Å². The molecule has 0 fully saturated rings. The predicted octanol–water partition coefficient (Wildman–Crippen LogP) is 4.91. The minimum absolute atomic E-state index is 0.0143. The largest absolute Gasteiger partial charge is 0.457 e. The van der Waals surface area contributed by atoms with E-state index in [9.17, 15) is 0 Å². The fourth-order valence-corrected chi connectivity index (χ4v) is 2.51. The van der Waals surface area contributed by atoms with Gasteiger partial charge in [0.25, 0.3) is 0 Å². The SMILES string of the molecule is C[C@@H](N)c1ccc(Oc2cccc(Cl)c2)cc1Br. The van der Waals surface area contributed by atoms with E-state index in [-0.39, 0.29) is 6.04 Å². The number of hydrogen-bond acceptors (Lipinski definition) is 2. The van der Waals surface area contributed by atoms with E-state index in [1.807, 2.05) is 43.3 Å². The molecule has 0 aliphatic rings. The van der Waals surface area contributed by atoms with Crippen LogP contribution in [0.4, 0.5) is 0 Å². The first-order chi connectivity index (χ1) is 8.56. The maximum atomic E-state index is 5.90. The third-order valence-electron chi connectivity index (χ3n) is 2.49. The van der Waals surface area contributed by atoms with Gasteiger partial charge in [0, 0.05) is 15.5 Å². The van der Waals surface area contributed by atoms with Gasteiger partial charge in [-0.25, -0.2) is 0 Å². The monoisotopic (exact) mass is 325 g/mol. The van der Waals surface area contributed by atoms with Gasteiger partial charge in [-0.1, -0.05) is 39.7 Å². The Bertz CT molecular complexity index is 557. The minimum atomic E-state index is -0.0143. The molecule has 0 unspecified atom stereocenters. The highest BCUT2D eigenvalue weighted by atomic mass is 79.9. The molecule has 0 radical (unpaired) electrons. The van der Waals surface area contributed by atoms with Crippen LogP contribution < -0.4 is 10.5 Å². The smallest absolute Gasteiger partial charge is 0.128 e. The van der Waals surface area contributed by atoms with Crippen LogP contribution in [0.3, 0.4) is 0 Å². The average Bonchev–Trinajstić information content (AvgIpc) is 2.28. The van der Waals surface area contributed by atoms with Crippen LogP contribution >= 0.6 is 27.5 Å². The Balaban J connectivity index is 2.23. The second kappa shape index (κ2) is 5.74. The Morgan fingerprint density at radius 3 is 2.50 bits per heavy atom. The number of nitrogens with two attached hydrogens (primary N) is 1. The van der Waals surface area contributed by atoms with Crippen molar-refractivity contribution in [2.24, 2.45) is 5.73 Å². The standard InChI is InChI=1S/C14H13BrClNO/c1-9(17)13-6-5-12(8-14(13)15)18-11-4-2-3-10(16)7-11/h2-9H,17H2,1H3/t9-/m1/s1. The van der Waals surface area contributed by atoms with Gasteiger partial charge in [0.05, 0.1) is 0 Å². The summed E-state index contributed by atoms with van der Waals surface area (Å²) in [4.78, 5) is 0. The molecule has 4 heteroatoms. The van der Waals surface area contributed by atoms with E-state index >= 15 is 0 Å². The quantitative estimate of drug-likeness (QED) is 0.869. The molecule has 0 bridgehead atoms. The van der Waals surface area contributed by atoms with Crippen LogP contribution in [-0.4, -0.2) is 0 Å². The predicted molar refractivity (Wildman–Crippen MR) is 78.3 cm³/mol. The fourth-order valence-electron chi connectivity index (χ4n) is 1.61. The molecule has 18 heavy (non-hydrogen) atoms. The van der Waals surface area contributed by atoms with Gasteiger partial charge in [0.2, 0.25) is 0 Å². The molecule has 0 heterocycles. The summed E-state index contributed by atoms with van der Waals surface area (Å²) in [6.45, 7) is 1.94. The number of rotatable bonds is 3. The number of hydrogen-bond donors (Lipinski definition) is 1. The van der Waals surface area contributed by atoms with E-state index in [2.05, 4.69) is 15.9 Å². The van der Waals surface area contributed by atoms with Crippen LogP contribution in [0.1, 0.15) is 18.5 Å². The average molecular weight is 327 g/mol. The van der Waals surface area contributed by atoms with E-state index in [0.717, 1.165) is 15.8 Å². The molecule has 2 aromatic carbocycles. The molecule has 0 aliphatic heterocycles. The van der Waals surface area contributed by atoms with Crippen LogP contribution in [0.15, 0.2) is 46.9 Å². The molecule has 2 aromatic rings. The highest BCUT2D eigenvalue weighted by Crippen LogP contribution is 2.30. The van der Waals surface area contributed by atoms with Gasteiger partial charge < -0.3 is 10.5 Å². The number of ether oxygens (including phenoxy) is 1. The maximum absolute atomic E-state index is 5.90. The molecule has 0 aromatic heterocycles. The molecule has 0 aliphatic carbocycles. The Morgan fingerprint density at radius 2 is 1.89 bits per heavy atom. The Hall–Kier alpha value is -1.03. The summed E-state index contributed by atoms with van der Waals surface area (Å²) in [5.41, 5.74) is 6.90. The van der Waals surface area contributed by atoms with E-state index in [1.165, 1.54) is 0 Å². The lowest BCUT2D eigenvalue weighted by molar-refractivity contribution is 0.482. The van der Waals surface area contributed by atoms with Gasteiger partial charge in [0.1, 0.15) is 11.5 Å². The summed E-state index contributed by atoms with van der Waals surface area (Å²) in [5.74, 6) is 1.46. The summed E-state index contributed by atoms with van der Waals surface area (Å²) in [7, 11) is 0. The normalized spacial score (nSPS) is 12.2. The van der Waals surface area contributed by atoms with E-state index in [4.69, 9.17) is 22.1 Å². The first-order valence-corrected chi connectivity index (χ1v) is 6.72. The van der Waals surface area contributed by atoms with Crippen LogP contribution in [0, 0.1) is 0 Å². The molecular weight excluding hydrogens is 314 g/mol. The van der Waals surface area contributed by atoms with Crippen LogP contribution in [0.25, 0.3) is 0 Å². The van der Waals surface area contributed by atoms with Gasteiger partial charge in [-0.2, -0.15) is 0 Å². The molecule has 0 saturated carbocycles. The van der Waals surface area contributed by atoms with E-state index < -0.39 is 0 Å². The molecule has 0 saturated heterocycles. The van der Waals surface area contributed by atoms with Crippen molar-refractivity contribution in [3.8, 4) is 11.5 Å². The van der Waals surface area contributed by atoms with Crippen molar-refractivity contribution in [3.05, 3.63) is 57.5 Å². The van der Waals surface area contributed by atoms with Crippen molar-refractivity contribution in [2.75, 3.05) is 0 Å². The Labute approximate surface area is 120 Å². The fraction of sp³-hybridized carbons (Fsp3) is 0.143. The lowest BCUT2D eigenvalue weighted by Gasteiger charge is -2.11. The summed E-state index contributed by atoms with van der Waals surface area (Å²) in [6, 6.07) is 13.0. The molecule has 2 rings (SSSR count). The highest BCUT2D eigenvalue weighted by molar-refractivity contribution is 9.10. The topological polar surface area (TPSA) is 35.2 Å². The number of benzene rings is 2. The van der Waals surface area contributed by atoms with Crippen molar-refractivity contribution in [2.45, 2.75) is 13.0 Å². The third kappa shape index (κ3) is 3.25. The molecule has 2 nitrogen and oxygen atoms in total. The van der Waals surface area contributed by atoms with Crippen molar-refractivity contribution >= 4 is 27.5 Å². The lowest BCUT2D eigenvalue weighted by Crippen LogP contribution is -2.05. The van der Waals surface area contributed by atoms with E-state index in [1.54, 1.807) is 6.07 Å². The van der Waals surface area contributed by atoms with Gasteiger partial charge >= 0.3 is 0 Å². The van der Waals surface area contributed by atoms with E-state index in [0.29, 0.717) is 10.8 Å². The van der Waals surface area contributed by atoms with Crippen molar-refractivity contribution in [3.63, 3.8) is 0 Å². The molecule has 2 N–H and O–H groups in total. The molecule has 0 amide bonds. The van der Waals surface area contributed by atoms with Crippen molar-refractivity contribution in [1.82, 2.24) is 0 Å². The molecule has 0 spiro atoms. The zero-order chi connectivity index (χ0) is 13.1. The highest BCUT2D eigenvalue weighted by Gasteiger charge is 2.06. The summed E-state index contributed by atoms with van der Waals surface area (Å²) < 4.78 is 6.66. The number of halogens is 2. The first-order valence-electron chi connectivity index (χ1n) is 5.54. The second-order valence-corrected chi connectivity index (χ2v) is 5.32. The van der Waals surface area contributed by atoms with Crippen LogP contribution in [0.2, 0.25) is 5.02 Å². The maximum Gasteiger partial charge on any atom is 0.128 e. The third-order valence-corrected chi connectivity index (χ3v) is 3.42. The zero-order valence-corrected chi connectivity index (χ0v) is 12.2. The Kier molecular flexibility index (Phi) is 4.27. The second-order valence-electron chi connectivity index (χ2n) is 4.03. The van der Waals surface area contributed by atoms with Crippen LogP contribution in [0.5, 0.6) is 11.5 Å². The van der Waals surface area contributed by atoms with Crippen molar-refractivity contribution < 1.29 is 4.74 Å². The zero-order valence-electron chi connectivity index (χ0n) is 9.86.